The van der Waals surface area contributed by atoms with Crippen LogP contribution in [0.4, 0.5) is 0 Å². The second kappa shape index (κ2) is 8.92. The second-order valence-electron chi connectivity index (χ2n) is 5.78. The molecule has 0 fully saturated rings. The molecule has 0 aliphatic heterocycles. The van der Waals surface area contributed by atoms with Crippen LogP contribution >= 0.6 is 23.2 Å². The Bertz CT molecular complexity index is 705. The van der Waals surface area contributed by atoms with Gasteiger partial charge in [-0.1, -0.05) is 35.3 Å². The molecule has 0 bridgehead atoms. The average molecular weight is 368 g/mol. The third-order valence-corrected chi connectivity index (χ3v) is 4.14. The number of benzene rings is 2. The summed E-state index contributed by atoms with van der Waals surface area (Å²) in [5.74, 6) is 0.531. The Hall–Kier alpha value is -1.75. The summed E-state index contributed by atoms with van der Waals surface area (Å²) in [6, 6.07) is 12.5. The summed E-state index contributed by atoms with van der Waals surface area (Å²) < 4.78 is 5.73. The zero-order chi connectivity index (χ0) is 17.5. The van der Waals surface area contributed by atoms with Crippen LogP contribution in [-0.2, 0) is 6.61 Å². The topological polar surface area (TPSA) is 42.8 Å². The van der Waals surface area contributed by atoms with Crippen molar-refractivity contribution in [1.29, 1.82) is 0 Å². The largest absolute Gasteiger partial charge is 0.489 e. The number of amides is 1. The van der Waals surface area contributed by atoms with Gasteiger partial charge in [0.1, 0.15) is 12.4 Å². The number of nitrogens with one attached hydrogen (secondary N) is 2. The van der Waals surface area contributed by atoms with Crippen molar-refractivity contribution < 1.29 is 14.4 Å². The molecular formula is C18H21Cl2N2O2+. The van der Waals surface area contributed by atoms with E-state index in [1.54, 1.807) is 30.3 Å². The van der Waals surface area contributed by atoms with E-state index in [1.807, 2.05) is 26.2 Å². The molecule has 1 amide bonds. The van der Waals surface area contributed by atoms with Crippen LogP contribution in [0.15, 0.2) is 42.5 Å². The number of carbonyl (C=O) groups is 1. The van der Waals surface area contributed by atoms with Crippen LogP contribution < -0.4 is 15.0 Å². The molecule has 2 N–H and O–H groups in total. The molecule has 0 aromatic heterocycles. The van der Waals surface area contributed by atoms with Gasteiger partial charge in [-0.3, -0.25) is 4.79 Å². The molecule has 0 aliphatic rings. The summed E-state index contributed by atoms with van der Waals surface area (Å²) in [5, 5.41) is 3.90. The first-order valence-corrected chi connectivity index (χ1v) is 8.45. The monoisotopic (exact) mass is 367 g/mol. The number of quaternary nitrogens is 1. The molecule has 0 unspecified atom stereocenters. The number of hydrogen-bond donors (Lipinski definition) is 2. The molecule has 0 spiro atoms. The van der Waals surface area contributed by atoms with Gasteiger partial charge in [0.2, 0.25) is 0 Å². The first-order valence-electron chi connectivity index (χ1n) is 7.69. The van der Waals surface area contributed by atoms with Crippen molar-refractivity contribution in [3.63, 3.8) is 0 Å². The van der Waals surface area contributed by atoms with Crippen molar-refractivity contribution in [2.24, 2.45) is 0 Å². The summed E-state index contributed by atoms with van der Waals surface area (Å²) >= 11 is 11.9. The predicted octanol–water partition coefficient (Wildman–Crippen LogP) is 2.45. The van der Waals surface area contributed by atoms with Crippen LogP contribution in [-0.4, -0.2) is 33.1 Å². The van der Waals surface area contributed by atoms with Crippen molar-refractivity contribution >= 4 is 29.1 Å². The van der Waals surface area contributed by atoms with Crippen molar-refractivity contribution in [2.45, 2.75) is 6.61 Å². The molecule has 0 heterocycles. The highest BCUT2D eigenvalue weighted by atomic mass is 35.5. The van der Waals surface area contributed by atoms with Gasteiger partial charge >= 0.3 is 0 Å². The SMILES string of the molecule is C[NH+](C)CCNC(=O)c1cccc(OCc2ccc(Cl)c(Cl)c2)c1. The maximum Gasteiger partial charge on any atom is 0.251 e. The fourth-order valence-corrected chi connectivity index (χ4v) is 2.37. The molecule has 4 nitrogen and oxygen atoms in total. The van der Waals surface area contributed by atoms with Crippen molar-refractivity contribution in [3.05, 3.63) is 63.6 Å². The van der Waals surface area contributed by atoms with Gasteiger partial charge in [-0.05, 0) is 35.9 Å². The van der Waals surface area contributed by atoms with Crippen molar-refractivity contribution in [3.8, 4) is 5.75 Å². The molecule has 0 atom stereocenters. The third-order valence-electron chi connectivity index (χ3n) is 3.40. The maximum absolute atomic E-state index is 12.1. The van der Waals surface area contributed by atoms with Crippen LogP contribution in [0.2, 0.25) is 10.0 Å². The Kier molecular flexibility index (Phi) is 6.91. The minimum Gasteiger partial charge on any atom is -0.489 e. The van der Waals surface area contributed by atoms with Crippen LogP contribution in [0.25, 0.3) is 0 Å². The van der Waals surface area contributed by atoms with E-state index in [1.165, 1.54) is 4.90 Å². The standard InChI is InChI=1S/C18H20Cl2N2O2/c1-22(2)9-8-21-18(23)14-4-3-5-15(11-14)24-12-13-6-7-16(19)17(20)10-13/h3-7,10-11H,8-9,12H2,1-2H3,(H,21,23)/p+1. The molecule has 0 saturated heterocycles. The van der Waals surface area contributed by atoms with E-state index in [0.717, 1.165) is 12.1 Å². The normalized spacial score (nSPS) is 10.7. The molecule has 2 rings (SSSR count). The molecule has 2 aromatic carbocycles. The Balaban J connectivity index is 1.94. The van der Waals surface area contributed by atoms with E-state index in [-0.39, 0.29) is 5.91 Å². The highest BCUT2D eigenvalue weighted by Gasteiger charge is 2.07. The van der Waals surface area contributed by atoms with Crippen LogP contribution in [0.3, 0.4) is 0 Å². The molecule has 0 radical (unpaired) electrons. The summed E-state index contributed by atoms with van der Waals surface area (Å²) in [6.07, 6.45) is 0. The van der Waals surface area contributed by atoms with Crippen molar-refractivity contribution in [1.82, 2.24) is 5.32 Å². The molecule has 2 aromatic rings. The smallest absolute Gasteiger partial charge is 0.251 e. The lowest BCUT2D eigenvalue weighted by atomic mass is 10.2. The van der Waals surface area contributed by atoms with Gasteiger partial charge in [0.05, 0.1) is 37.2 Å². The fraction of sp³-hybridized carbons (Fsp3) is 0.278. The fourth-order valence-electron chi connectivity index (χ4n) is 2.05. The lowest BCUT2D eigenvalue weighted by Crippen LogP contribution is -3.06. The first kappa shape index (κ1) is 18.6. The van der Waals surface area contributed by atoms with E-state index < -0.39 is 0 Å². The summed E-state index contributed by atoms with van der Waals surface area (Å²) in [5.41, 5.74) is 1.49. The molecule has 0 saturated carbocycles. The van der Waals surface area contributed by atoms with E-state index in [0.29, 0.717) is 34.5 Å². The lowest BCUT2D eigenvalue weighted by Gasteiger charge is -2.10. The van der Waals surface area contributed by atoms with Gasteiger partial charge in [-0.2, -0.15) is 0 Å². The number of ether oxygens (including phenoxy) is 1. The Morgan fingerprint density at radius 2 is 1.92 bits per heavy atom. The number of likely N-dealkylation sites (N-methyl/N-ethyl adjacent to an activating group) is 1. The quantitative estimate of drug-likeness (QED) is 0.789. The molecule has 6 heteroatoms. The van der Waals surface area contributed by atoms with Crippen LogP contribution in [0.1, 0.15) is 15.9 Å². The van der Waals surface area contributed by atoms with Crippen LogP contribution in [0.5, 0.6) is 5.75 Å². The number of carbonyl (C=O) groups excluding carboxylic acids is 1. The first-order chi connectivity index (χ1) is 11.5. The van der Waals surface area contributed by atoms with E-state index in [4.69, 9.17) is 27.9 Å². The van der Waals surface area contributed by atoms with Gasteiger partial charge in [0.15, 0.2) is 0 Å². The van der Waals surface area contributed by atoms with E-state index in [9.17, 15) is 4.79 Å². The summed E-state index contributed by atoms with van der Waals surface area (Å²) in [7, 11) is 4.09. The van der Waals surface area contributed by atoms with E-state index in [2.05, 4.69) is 5.32 Å². The predicted molar refractivity (Wildman–Crippen MR) is 97.2 cm³/mol. The molecule has 128 valence electrons. The Morgan fingerprint density at radius 1 is 1.12 bits per heavy atom. The Morgan fingerprint density at radius 3 is 2.62 bits per heavy atom. The van der Waals surface area contributed by atoms with E-state index >= 15 is 0 Å². The summed E-state index contributed by atoms with van der Waals surface area (Å²) in [4.78, 5) is 13.4. The van der Waals surface area contributed by atoms with Crippen molar-refractivity contribution in [2.75, 3.05) is 27.2 Å². The minimum absolute atomic E-state index is 0.101. The minimum atomic E-state index is -0.101. The second-order valence-corrected chi connectivity index (χ2v) is 6.59. The Labute approximate surface area is 152 Å². The zero-order valence-electron chi connectivity index (χ0n) is 13.7. The van der Waals surface area contributed by atoms with Gasteiger partial charge in [0, 0.05) is 5.56 Å². The number of halogens is 2. The maximum atomic E-state index is 12.1. The van der Waals surface area contributed by atoms with Gasteiger partial charge < -0.3 is 15.0 Å². The lowest BCUT2D eigenvalue weighted by molar-refractivity contribution is -0.856. The van der Waals surface area contributed by atoms with Crippen LogP contribution in [0, 0.1) is 0 Å². The highest BCUT2D eigenvalue weighted by Crippen LogP contribution is 2.23. The molecular weight excluding hydrogens is 347 g/mol. The van der Waals surface area contributed by atoms with Gasteiger partial charge in [0.25, 0.3) is 5.91 Å². The third kappa shape index (κ3) is 5.71. The average Bonchev–Trinajstić information content (AvgIpc) is 2.56. The summed E-state index contributed by atoms with van der Waals surface area (Å²) in [6.45, 7) is 1.86. The van der Waals surface area contributed by atoms with Gasteiger partial charge in [-0.15, -0.1) is 0 Å². The number of rotatable bonds is 7. The number of hydrogen-bond acceptors (Lipinski definition) is 2. The molecule has 24 heavy (non-hydrogen) atoms. The molecule has 0 aliphatic carbocycles. The zero-order valence-corrected chi connectivity index (χ0v) is 15.2. The van der Waals surface area contributed by atoms with Gasteiger partial charge in [-0.25, -0.2) is 0 Å². The highest BCUT2D eigenvalue weighted by molar-refractivity contribution is 6.42.